The molecule has 4 nitrogen and oxygen atoms in total. The molecule has 0 saturated carbocycles. The minimum Gasteiger partial charge on any atom is -0.449 e. The zero-order valence-electron chi connectivity index (χ0n) is 7.04. The Hall–Kier alpha value is 0.708. The molecule has 0 aromatic heterocycles. The molecule has 11 heavy (non-hydrogen) atoms. The smallest absolute Gasteiger partial charge is 0.284 e. The monoisotopic (exact) mass is 227 g/mol. The van der Waals surface area contributed by atoms with Crippen LogP contribution >= 0.6 is 0 Å². The molecule has 0 aromatic rings. The highest BCUT2D eigenvalue weighted by Crippen LogP contribution is 1.84. The maximum absolute atomic E-state index is 5.41. The topological polar surface area (TPSA) is 53.7 Å². The fraction of sp³-hybridized carbons (Fsp3) is 1.00. The van der Waals surface area contributed by atoms with Crippen LogP contribution in [-0.4, -0.2) is 46.8 Å². The lowest BCUT2D eigenvalue weighted by Gasteiger charge is -2.03. The summed E-state index contributed by atoms with van der Waals surface area (Å²) in [6, 6.07) is 1.19. The summed E-state index contributed by atoms with van der Waals surface area (Å²) in [7, 11) is -0.755. The van der Waals surface area contributed by atoms with Gasteiger partial charge < -0.3 is 18.1 Å². The van der Waals surface area contributed by atoms with Gasteiger partial charge in [-0.25, -0.2) is 0 Å². The molecule has 8 heteroatoms. The van der Waals surface area contributed by atoms with Gasteiger partial charge in [-0.15, -0.1) is 0 Å². The van der Waals surface area contributed by atoms with Gasteiger partial charge in [-0.1, -0.05) is 0 Å². The summed E-state index contributed by atoms with van der Waals surface area (Å²) >= 11 is 0. The van der Waals surface area contributed by atoms with E-state index in [4.69, 9.17) is 18.1 Å². The molecule has 0 radical (unpaired) electrons. The van der Waals surface area contributed by atoms with Crippen LogP contribution < -0.4 is 5.73 Å². The highest BCUT2D eigenvalue weighted by molar-refractivity contribution is 6.44. The molecule has 0 saturated heterocycles. The van der Waals surface area contributed by atoms with E-state index in [2.05, 4.69) is 0 Å². The van der Waals surface area contributed by atoms with Crippen LogP contribution in [0.2, 0.25) is 6.04 Å². The molecule has 0 atom stereocenters. The summed E-state index contributed by atoms with van der Waals surface area (Å²) in [5.74, 6) is 0. The molecule has 0 aliphatic heterocycles. The van der Waals surface area contributed by atoms with Crippen molar-refractivity contribution in [1.29, 1.82) is 0 Å². The molecule has 0 aliphatic carbocycles. The second-order valence-electron chi connectivity index (χ2n) is 2.13. The summed E-state index contributed by atoms with van der Waals surface area (Å²) in [5, 5.41) is 0. The lowest BCUT2D eigenvalue weighted by atomic mass is 10.5. The Kier molecular flexibility index (Phi) is 11.4. The van der Waals surface area contributed by atoms with Crippen LogP contribution in [0.25, 0.3) is 0 Å². The average Bonchev–Trinajstić information content (AvgIpc) is 2.03. The molecule has 0 aromatic carbocycles. The van der Waals surface area contributed by atoms with Gasteiger partial charge >= 0.3 is 0 Å². The van der Waals surface area contributed by atoms with E-state index in [1.54, 1.807) is 0 Å². The quantitative estimate of drug-likeness (QED) is 0.341. The Morgan fingerprint density at radius 3 is 2.73 bits per heavy atom. The number of hydrogen-bond acceptors (Lipinski definition) is 4. The number of nitrogens with two attached hydrogens (primary N) is 1. The first-order valence-corrected chi connectivity index (χ1v) is 8.46. The summed E-state index contributed by atoms with van der Waals surface area (Å²) < 4.78 is 15.6. The first kappa shape index (κ1) is 11.7. The maximum Gasteiger partial charge on any atom is 0.284 e. The van der Waals surface area contributed by atoms with Crippen LogP contribution in [0, 0.1) is 0 Å². The molecule has 0 unspecified atom stereocenters. The molecule has 2 N–H and O–H groups in total. The van der Waals surface area contributed by atoms with Gasteiger partial charge in [0.25, 0.3) is 20.0 Å². The third kappa shape index (κ3) is 10.7. The Morgan fingerprint density at radius 2 is 2.09 bits per heavy atom. The van der Waals surface area contributed by atoms with Gasteiger partial charge in [-0.3, -0.25) is 0 Å². The Morgan fingerprint density at radius 1 is 1.27 bits per heavy atom. The lowest BCUT2D eigenvalue weighted by molar-refractivity contribution is 0.437. The number of hydrogen-bond donors (Lipinski definition) is 1. The molecule has 0 heterocycles. The van der Waals surface area contributed by atoms with Crippen molar-refractivity contribution in [3.05, 3.63) is 0 Å². The molecule has 68 valence electrons. The second-order valence-corrected chi connectivity index (χ2v) is 9.29. The van der Waals surface area contributed by atoms with Crippen LogP contribution in [0.3, 0.4) is 0 Å². The maximum atomic E-state index is 5.41. The summed E-state index contributed by atoms with van der Waals surface area (Å²) in [4.78, 5) is 0. The zero-order chi connectivity index (χ0) is 8.36. The zero-order valence-corrected chi connectivity index (χ0v) is 13.3. The van der Waals surface area contributed by atoms with E-state index in [1.165, 1.54) is 6.04 Å². The van der Waals surface area contributed by atoms with Crippen molar-refractivity contribution in [2.24, 2.45) is 5.73 Å². The van der Waals surface area contributed by atoms with Crippen molar-refractivity contribution in [1.82, 2.24) is 0 Å². The third-order valence-corrected chi connectivity index (χ3v) is 6.00. The van der Waals surface area contributed by atoms with Crippen LogP contribution in [0.1, 0.15) is 6.42 Å². The van der Waals surface area contributed by atoms with Gasteiger partial charge in [0.2, 0.25) is 0 Å². The first-order chi connectivity index (χ1) is 5.41. The predicted molar refractivity (Wildman–Crippen MR) is 57.3 cm³/mol. The molecule has 0 fully saturated rings. The molecule has 0 spiro atoms. The molecule has 0 aliphatic rings. The number of rotatable bonds is 8. The molecular formula is C3H17NO3Si4. The van der Waals surface area contributed by atoms with E-state index >= 15 is 0 Å². The SMILES string of the molecule is NCCC[SiH2]O[SiH2]O[SiH2]O[SiH3]. The fourth-order valence-corrected chi connectivity index (χ4v) is 6.34. The van der Waals surface area contributed by atoms with E-state index in [1.807, 2.05) is 0 Å². The normalized spacial score (nSPS) is 13.9. The highest BCUT2D eigenvalue weighted by atomic mass is 28.4. The Labute approximate surface area is 77.8 Å². The van der Waals surface area contributed by atoms with Gasteiger partial charge in [-0.05, 0) is 19.0 Å². The van der Waals surface area contributed by atoms with Gasteiger partial charge in [0.05, 0.1) is 0 Å². The second kappa shape index (κ2) is 10.7. The molecule has 0 rings (SSSR count). The predicted octanol–water partition coefficient (Wildman–Crippen LogP) is -3.83. The Bertz CT molecular complexity index is 69.6. The minimum absolute atomic E-state index is 0.293. The third-order valence-electron chi connectivity index (χ3n) is 1.11. The van der Waals surface area contributed by atoms with E-state index < -0.39 is 20.0 Å². The van der Waals surface area contributed by atoms with Gasteiger partial charge in [0.15, 0.2) is 0 Å². The molecule has 0 amide bonds. The largest absolute Gasteiger partial charge is 0.449 e. The average molecular weight is 228 g/mol. The van der Waals surface area contributed by atoms with Crippen molar-refractivity contribution in [3.8, 4) is 0 Å². The minimum atomic E-state index is -0.648. The highest BCUT2D eigenvalue weighted by Gasteiger charge is 1.90. The van der Waals surface area contributed by atoms with Crippen LogP contribution in [0.15, 0.2) is 0 Å². The van der Waals surface area contributed by atoms with Crippen LogP contribution in [-0.2, 0) is 12.3 Å². The van der Waals surface area contributed by atoms with E-state index in [0.717, 1.165) is 23.5 Å². The lowest BCUT2D eigenvalue weighted by Crippen LogP contribution is -2.13. The van der Waals surface area contributed by atoms with Gasteiger partial charge in [-0.2, -0.15) is 0 Å². The Balaban J connectivity index is 2.69. The van der Waals surface area contributed by atoms with Gasteiger partial charge in [0.1, 0.15) is 20.2 Å². The van der Waals surface area contributed by atoms with E-state index in [0.29, 0.717) is 0 Å². The van der Waals surface area contributed by atoms with Crippen LogP contribution in [0.4, 0.5) is 0 Å². The molecule has 0 bridgehead atoms. The van der Waals surface area contributed by atoms with E-state index in [9.17, 15) is 0 Å². The summed E-state index contributed by atoms with van der Waals surface area (Å²) in [6.07, 6.45) is 1.11. The first-order valence-electron chi connectivity index (χ1n) is 3.76. The van der Waals surface area contributed by atoms with Crippen molar-refractivity contribution >= 4 is 40.3 Å². The van der Waals surface area contributed by atoms with Gasteiger partial charge in [0, 0.05) is 0 Å². The fourth-order valence-electron chi connectivity index (χ4n) is 0.584. The van der Waals surface area contributed by atoms with Crippen molar-refractivity contribution in [2.45, 2.75) is 12.5 Å². The van der Waals surface area contributed by atoms with Crippen LogP contribution in [0.5, 0.6) is 0 Å². The van der Waals surface area contributed by atoms with Crippen molar-refractivity contribution in [2.75, 3.05) is 6.54 Å². The summed E-state index contributed by atoms with van der Waals surface area (Å²) in [5.41, 5.74) is 5.33. The molecular weight excluding hydrogens is 210 g/mol. The van der Waals surface area contributed by atoms with E-state index in [-0.39, 0.29) is 9.76 Å². The standard InChI is InChI=1S/C3H17NO3Si4/c4-2-1-3-9-6-11-7-10-5-8/h1-4,9-11H2,8H3. The summed E-state index contributed by atoms with van der Waals surface area (Å²) in [6.45, 7) is 0.789. The van der Waals surface area contributed by atoms with Crippen molar-refractivity contribution in [3.63, 3.8) is 0 Å². The van der Waals surface area contributed by atoms with Crippen molar-refractivity contribution < 1.29 is 12.3 Å².